The second-order valence-corrected chi connectivity index (χ2v) is 9.02. The number of hydrogen-bond acceptors (Lipinski definition) is 2. The lowest BCUT2D eigenvalue weighted by Gasteiger charge is -2.12. The Bertz CT molecular complexity index is 1410. The molecule has 2 nitrogen and oxygen atoms in total. The van der Waals surface area contributed by atoms with Crippen LogP contribution in [-0.2, 0) is 32.1 Å². The second kappa shape index (κ2) is 11.7. The van der Waals surface area contributed by atoms with E-state index in [2.05, 4.69) is 22.4 Å². The standard InChI is InChI=1S/C30H25F6NO/c1-2-3-4-20-7-13-24(37-18-20)12-6-19-8-14-25-23(15-19)11-10-22(28(25)33)9-5-21-16-26(31)29(27(32)17-21)38-30(34,35)36/h2,7-8,10-11,13-18H,1,3-6,9,12H2. The highest BCUT2D eigenvalue weighted by molar-refractivity contribution is 5.84. The van der Waals surface area contributed by atoms with Gasteiger partial charge >= 0.3 is 6.36 Å². The minimum atomic E-state index is -5.22. The number of allylic oxidation sites excluding steroid dienone is 1. The van der Waals surface area contributed by atoms with Crippen LogP contribution in [0.1, 0.15) is 34.4 Å². The number of pyridine rings is 1. The number of ether oxygens (including phenoxy) is 1. The fourth-order valence-electron chi connectivity index (χ4n) is 4.28. The first-order valence-electron chi connectivity index (χ1n) is 12.1. The van der Waals surface area contributed by atoms with E-state index in [4.69, 9.17) is 0 Å². The highest BCUT2D eigenvalue weighted by atomic mass is 19.4. The van der Waals surface area contributed by atoms with Crippen molar-refractivity contribution in [2.45, 2.75) is 44.9 Å². The third kappa shape index (κ3) is 6.94. The van der Waals surface area contributed by atoms with Gasteiger partial charge < -0.3 is 4.74 Å². The number of nitrogens with zero attached hydrogens (tertiary/aromatic N) is 1. The normalized spacial score (nSPS) is 11.6. The van der Waals surface area contributed by atoms with Crippen molar-refractivity contribution < 1.29 is 31.1 Å². The number of hydrogen-bond donors (Lipinski definition) is 0. The molecular formula is C30H25F6NO. The molecular weight excluding hydrogens is 504 g/mol. The van der Waals surface area contributed by atoms with E-state index in [1.807, 2.05) is 30.5 Å². The average molecular weight is 530 g/mol. The minimum Gasteiger partial charge on any atom is -0.399 e. The van der Waals surface area contributed by atoms with Crippen molar-refractivity contribution in [2.24, 2.45) is 0 Å². The fourth-order valence-corrected chi connectivity index (χ4v) is 4.28. The molecule has 0 spiro atoms. The molecule has 198 valence electrons. The number of fused-ring (bicyclic) bond motifs is 1. The molecule has 0 bridgehead atoms. The number of aryl methyl sites for hydroxylation is 5. The zero-order valence-corrected chi connectivity index (χ0v) is 20.4. The Labute approximate surface area is 216 Å². The molecule has 1 heterocycles. The van der Waals surface area contributed by atoms with Gasteiger partial charge in [-0.05, 0) is 84.4 Å². The Kier molecular flexibility index (Phi) is 8.39. The van der Waals surface area contributed by atoms with E-state index in [0.29, 0.717) is 10.9 Å². The molecule has 0 saturated carbocycles. The van der Waals surface area contributed by atoms with Gasteiger partial charge in [-0.1, -0.05) is 42.5 Å². The molecule has 38 heavy (non-hydrogen) atoms. The van der Waals surface area contributed by atoms with Crippen molar-refractivity contribution in [1.82, 2.24) is 4.98 Å². The van der Waals surface area contributed by atoms with E-state index < -0.39 is 29.6 Å². The van der Waals surface area contributed by atoms with Gasteiger partial charge in [-0.2, -0.15) is 0 Å². The highest BCUT2D eigenvalue weighted by Crippen LogP contribution is 2.30. The summed E-state index contributed by atoms with van der Waals surface area (Å²) in [6, 6.07) is 14.5. The molecule has 4 rings (SSSR count). The molecule has 0 radical (unpaired) electrons. The van der Waals surface area contributed by atoms with Crippen LogP contribution in [0.3, 0.4) is 0 Å². The SMILES string of the molecule is C=CCCc1ccc(CCc2ccc3c(F)c(CCc4cc(F)c(OC(F)(F)F)c(F)c4)ccc3c2)nc1. The van der Waals surface area contributed by atoms with Crippen molar-refractivity contribution >= 4 is 10.8 Å². The fraction of sp³-hybridized carbons (Fsp3) is 0.233. The smallest absolute Gasteiger partial charge is 0.399 e. The van der Waals surface area contributed by atoms with E-state index in [1.54, 1.807) is 18.2 Å². The van der Waals surface area contributed by atoms with Gasteiger partial charge in [0.1, 0.15) is 5.82 Å². The maximum absolute atomic E-state index is 15.2. The number of aromatic nitrogens is 1. The third-order valence-corrected chi connectivity index (χ3v) is 6.25. The van der Waals surface area contributed by atoms with E-state index in [-0.39, 0.29) is 18.4 Å². The predicted octanol–water partition coefficient (Wildman–Crippen LogP) is 8.24. The summed E-state index contributed by atoms with van der Waals surface area (Å²) in [5, 5.41) is 1.14. The molecule has 0 fully saturated rings. The lowest BCUT2D eigenvalue weighted by atomic mass is 9.97. The lowest BCUT2D eigenvalue weighted by molar-refractivity contribution is -0.276. The van der Waals surface area contributed by atoms with Gasteiger partial charge in [0, 0.05) is 17.3 Å². The first-order chi connectivity index (χ1) is 18.1. The molecule has 0 N–H and O–H groups in total. The van der Waals surface area contributed by atoms with Gasteiger partial charge in [0.15, 0.2) is 11.6 Å². The van der Waals surface area contributed by atoms with Crippen molar-refractivity contribution in [2.75, 3.05) is 0 Å². The first-order valence-corrected chi connectivity index (χ1v) is 12.1. The summed E-state index contributed by atoms with van der Waals surface area (Å²) in [6.45, 7) is 3.73. The Hall–Kier alpha value is -3.81. The number of benzene rings is 3. The Morgan fingerprint density at radius 1 is 0.763 bits per heavy atom. The summed E-state index contributed by atoms with van der Waals surface area (Å²) in [5.74, 6) is -4.89. The van der Waals surface area contributed by atoms with Crippen LogP contribution < -0.4 is 4.74 Å². The van der Waals surface area contributed by atoms with Crippen molar-refractivity contribution in [3.8, 4) is 5.75 Å². The number of rotatable bonds is 10. The van der Waals surface area contributed by atoms with Crippen molar-refractivity contribution in [3.63, 3.8) is 0 Å². The van der Waals surface area contributed by atoms with Crippen LogP contribution in [0, 0.1) is 17.5 Å². The summed E-state index contributed by atoms with van der Waals surface area (Å²) in [6.07, 6.45) is 1.97. The number of halogens is 6. The van der Waals surface area contributed by atoms with Crippen LogP contribution in [0.2, 0.25) is 0 Å². The zero-order chi connectivity index (χ0) is 27.3. The molecule has 0 atom stereocenters. The zero-order valence-electron chi connectivity index (χ0n) is 20.4. The lowest BCUT2D eigenvalue weighted by Crippen LogP contribution is -2.19. The van der Waals surface area contributed by atoms with Crippen molar-refractivity contribution in [1.29, 1.82) is 0 Å². The first kappa shape index (κ1) is 27.2. The van der Waals surface area contributed by atoms with Gasteiger partial charge in [-0.15, -0.1) is 19.8 Å². The average Bonchev–Trinajstić information content (AvgIpc) is 2.88. The van der Waals surface area contributed by atoms with Gasteiger partial charge in [0.05, 0.1) is 0 Å². The van der Waals surface area contributed by atoms with Gasteiger partial charge in [-0.3, -0.25) is 4.98 Å². The van der Waals surface area contributed by atoms with Gasteiger partial charge in [0.2, 0.25) is 5.75 Å². The molecule has 0 unspecified atom stereocenters. The van der Waals surface area contributed by atoms with Crippen LogP contribution >= 0.6 is 0 Å². The molecule has 0 saturated heterocycles. The van der Waals surface area contributed by atoms with Crippen LogP contribution in [0.15, 0.2) is 73.4 Å². The summed E-state index contributed by atoms with van der Waals surface area (Å²) < 4.78 is 83.5. The monoisotopic (exact) mass is 529 g/mol. The summed E-state index contributed by atoms with van der Waals surface area (Å²) in [5.41, 5.74) is 3.59. The van der Waals surface area contributed by atoms with Gasteiger partial charge in [0.25, 0.3) is 0 Å². The third-order valence-electron chi connectivity index (χ3n) is 6.25. The summed E-state index contributed by atoms with van der Waals surface area (Å²) >= 11 is 0. The van der Waals surface area contributed by atoms with Crippen molar-refractivity contribution in [3.05, 3.63) is 119 Å². The second-order valence-electron chi connectivity index (χ2n) is 9.02. The summed E-state index contributed by atoms with van der Waals surface area (Å²) in [7, 11) is 0. The minimum absolute atomic E-state index is 0.0278. The van der Waals surface area contributed by atoms with Crippen LogP contribution in [-0.4, -0.2) is 11.3 Å². The molecule has 4 aromatic rings. The topological polar surface area (TPSA) is 22.1 Å². The van der Waals surface area contributed by atoms with Crippen LogP contribution in [0.4, 0.5) is 26.3 Å². The largest absolute Gasteiger partial charge is 0.573 e. The Morgan fingerprint density at radius 3 is 2.13 bits per heavy atom. The molecule has 0 aliphatic heterocycles. The Balaban J connectivity index is 1.41. The quantitative estimate of drug-likeness (QED) is 0.152. The highest BCUT2D eigenvalue weighted by Gasteiger charge is 2.34. The molecule has 1 aromatic heterocycles. The molecule has 3 aromatic carbocycles. The molecule has 0 amide bonds. The Morgan fingerprint density at radius 2 is 1.47 bits per heavy atom. The van der Waals surface area contributed by atoms with Crippen LogP contribution in [0.5, 0.6) is 5.75 Å². The van der Waals surface area contributed by atoms with E-state index in [1.165, 1.54) is 0 Å². The molecule has 0 aliphatic carbocycles. The number of alkyl halides is 3. The maximum Gasteiger partial charge on any atom is 0.573 e. The van der Waals surface area contributed by atoms with Gasteiger partial charge in [-0.25, -0.2) is 13.2 Å². The summed E-state index contributed by atoms with van der Waals surface area (Å²) in [4.78, 5) is 4.51. The molecule has 8 heteroatoms. The van der Waals surface area contributed by atoms with Crippen LogP contribution in [0.25, 0.3) is 10.8 Å². The van der Waals surface area contributed by atoms with E-state index >= 15 is 4.39 Å². The molecule has 0 aliphatic rings. The predicted molar refractivity (Wildman–Crippen MR) is 135 cm³/mol. The van der Waals surface area contributed by atoms with E-state index in [9.17, 15) is 22.0 Å². The maximum atomic E-state index is 15.2. The van der Waals surface area contributed by atoms with E-state index in [0.717, 1.165) is 60.0 Å².